The first-order chi connectivity index (χ1) is 7.83. The van der Waals surface area contributed by atoms with Crippen LogP contribution in [0.2, 0.25) is 0 Å². The summed E-state index contributed by atoms with van der Waals surface area (Å²) in [5.74, 6) is 1.09. The van der Waals surface area contributed by atoms with Crippen LogP contribution in [0, 0.1) is 0 Å². The Labute approximate surface area is 103 Å². The molecule has 0 saturated heterocycles. The molecule has 84 valence electrons. The average Bonchev–Trinajstić information content (AvgIpc) is 2.79. The molecule has 1 N–H and O–H groups in total. The second kappa shape index (κ2) is 5.48. The fourth-order valence-corrected chi connectivity index (χ4v) is 2.85. The van der Waals surface area contributed by atoms with Crippen LogP contribution in [0.25, 0.3) is 10.6 Å². The van der Waals surface area contributed by atoms with E-state index in [0.717, 1.165) is 22.0 Å². The Bertz CT molecular complexity index is 450. The molecular weight excluding hydrogens is 238 g/mol. The third-order valence-corrected chi connectivity index (χ3v) is 3.96. The number of thiazole rings is 1. The summed E-state index contributed by atoms with van der Waals surface area (Å²) in [6.07, 6.45) is 0. The molecule has 2 aromatic rings. The Morgan fingerprint density at radius 1 is 1.31 bits per heavy atom. The summed E-state index contributed by atoms with van der Waals surface area (Å²) in [5, 5.41) is 11.8. The van der Waals surface area contributed by atoms with Crippen LogP contribution in [0.4, 0.5) is 0 Å². The van der Waals surface area contributed by atoms with Crippen molar-refractivity contribution in [3.63, 3.8) is 0 Å². The highest BCUT2D eigenvalue weighted by Crippen LogP contribution is 2.26. The highest BCUT2D eigenvalue weighted by atomic mass is 32.2. The van der Waals surface area contributed by atoms with Gasteiger partial charge >= 0.3 is 0 Å². The van der Waals surface area contributed by atoms with Gasteiger partial charge in [0, 0.05) is 15.8 Å². The molecule has 0 radical (unpaired) electrons. The van der Waals surface area contributed by atoms with Gasteiger partial charge in [-0.25, -0.2) is 4.98 Å². The Morgan fingerprint density at radius 2 is 2.06 bits per heavy atom. The standard InChI is InChI=1S/C12H13NOS2/c1-2-15-11-5-3-9(4-6-11)12-13-10(7-14)8-16-12/h3-6,8,14H,2,7H2,1H3. The van der Waals surface area contributed by atoms with Gasteiger partial charge in [0.15, 0.2) is 0 Å². The minimum absolute atomic E-state index is 0.0142. The van der Waals surface area contributed by atoms with Crippen molar-refractivity contribution in [1.82, 2.24) is 4.98 Å². The molecule has 0 spiro atoms. The predicted molar refractivity (Wildman–Crippen MR) is 69.9 cm³/mol. The van der Waals surface area contributed by atoms with Gasteiger partial charge in [-0.3, -0.25) is 0 Å². The van der Waals surface area contributed by atoms with Gasteiger partial charge in [-0.2, -0.15) is 0 Å². The van der Waals surface area contributed by atoms with Crippen molar-refractivity contribution >= 4 is 23.1 Å². The van der Waals surface area contributed by atoms with Crippen molar-refractivity contribution in [2.75, 3.05) is 5.75 Å². The maximum atomic E-state index is 8.95. The Morgan fingerprint density at radius 3 is 2.62 bits per heavy atom. The molecule has 0 aliphatic carbocycles. The van der Waals surface area contributed by atoms with E-state index in [4.69, 9.17) is 5.11 Å². The van der Waals surface area contributed by atoms with Crippen LogP contribution in [-0.4, -0.2) is 15.8 Å². The van der Waals surface area contributed by atoms with E-state index >= 15 is 0 Å². The van der Waals surface area contributed by atoms with Crippen LogP contribution < -0.4 is 0 Å². The van der Waals surface area contributed by atoms with Crippen molar-refractivity contribution in [1.29, 1.82) is 0 Å². The lowest BCUT2D eigenvalue weighted by Gasteiger charge is -1.99. The molecule has 1 aromatic heterocycles. The molecule has 1 heterocycles. The zero-order chi connectivity index (χ0) is 11.4. The predicted octanol–water partition coefficient (Wildman–Crippen LogP) is 3.41. The molecule has 4 heteroatoms. The molecule has 1 aromatic carbocycles. The number of rotatable bonds is 4. The number of aromatic nitrogens is 1. The number of hydrogen-bond donors (Lipinski definition) is 1. The van der Waals surface area contributed by atoms with Crippen molar-refractivity contribution in [2.45, 2.75) is 18.4 Å². The molecule has 0 unspecified atom stereocenters. The largest absolute Gasteiger partial charge is 0.390 e. The van der Waals surface area contributed by atoms with Crippen molar-refractivity contribution in [3.8, 4) is 10.6 Å². The van der Waals surface area contributed by atoms with E-state index in [9.17, 15) is 0 Å². The zero-order valence-corrected chi connectivity index (χ0v) is 10.6. The van der Waals surface area contributed by atoms with Crippen molar-refractivity contribution in [3.05, 3.63) is 35.3 Å². The molecule has 2 nitrogen and oxygen atoms in total. The fraction of sp³-hybridized carbons (Fsp3) is 0.250. The molecular formula is C12H13NOS2. The lowest BCUT2D eigenvalue weighted by Crippen LogP contribution is -1.82. The van der Waals surface area contributed by atoms with Crippen LogP contribution >= 0.6 is 23.1 Å². The lowest BCUT2D eigenvalue weighted by atomic mass is 10.2. The first-order valence-electron chi connectivity index (χ1n) is 5.12. The van der Waals surface area contributed by atoms with Gasteiger partial charge < -0.3 is 5.11 Å². The van der Waals surface area contributed by atoms with Gasteiger partial charge in [-0.15, -0.1) is 23.1 Å². The van der Waals surface area contributed by atoms with Crippen molar-refractivity contribution in [2.24, 2.45) is 0 Å². The highest BCUT2D eigenvalue weighted by Gasteiger charge is 2.03. The Kier molecular flexibility index (Phi) is 3.98. The molecule has 0 fully saturated rings. The summed E-state index contributed by atoms with van der Waals surface area (Å²) in [7, 11) is 0. The highest BCUT2D eigenvalue weighted by molar-refractivity contribution is 7.99. The summed E-state index contributed by atoms with van der Waals surface area (Å²) >= 11 is 3.40. The molecule has 0 amide bonds. The maximum Gasteiger partial charge on any atom is 0.123 e. The number of thioether (sulfide) groups is 1. The normalized spacial score (nSPS) is 10.6. The Balaban J connectivity index is 2.20. The molecule has 0 aliphatic heterocycles. The number of hydrogen-bond acceptors (Lipinski definition) is 4. The smallest absolute Gasteiger partial charge is 0.123 e. The van der Waals surface area contributed by atoms with E-state index in [2.05, 4.69) is 36.2 Å². The molecule has 0 aliphatic rings. The van der Waals surface area contributed by atoms with Gasteiger partial charge in [0.1, 0.15) is 5.01 Å². The van der Waals surface area contributed by atoms with Crippen LogP contribution in [0.1, 0.15) is 12.6 Å². The maximum absolute atomic E-state index is 8.95. The first-order valence-corrected chi connectivity index (χ1v) is 6.98. The summed E-state index contributed by atoms with van der Waals surface area (Å²) in [6, 6.07) is 8.39. The second-order valence-electron chi connectivity index (χ2n) is 3.26. The summed E-state index contributed by atoms with van der Waals surface area (Å²) < 4.78 is 0. The van der Waals surface area contributed by atoms with Crippen LogP contribution in [-0.2, 0) is 6.61 Å². The fourth-order valence-electron chi connectivity index (χ4n) is 1.37. The number of aliphatic hydroxyl groups is 1. The van der Waals surface area contributed by atoms with E-state index in [-0.39, 0.29) is 6.61 Å². The minimum Gasteiger partial charge on any atom is -0.390 e. The Hall–Kier alpha value is -0.840. The van der Waals surface area contributed by atoms with Gasteiger partial charge in [0.25, 0.3) is 0 Å². The number of nitrogens with zero attached hydrogens (tertiary/aromatic N) is 1. The summed E-state index contributed by atoms with van der Waals surface area (Å²) in [5.41, 5.74) is 1.86. The molecule has 16 heavy (non-hydrogen) atoms. The van der Waals surface area contributed by atoms with Crippen LogP contribution in [0.5, 0.6) is 0 Å². The molecule has 0 atom stereocenters. The monoisotopic (exact) mass is 251 g/mol. The van der Waals surface area contributed by atoms with Gasteiger partial charge in [-0.05, 0) is 17.9 Å². The minimum atomic E-state index is 0.0142. The topological polar surface area (TPSA) is 33.1 Å². The number of benzene rings is 1. The molecule has 2 rings (SSSR count). The van der Waals surface area contributed by atoms with E-state index in [1.165, 1.54) is 4.90 Å². The SMILES string of the molecule is CCSc1ccc(-c2nc(CO)cs2)cc1. The molecule has 0 saturated carbocycles. The van der Waals surface area contributed by atoms with E-state index in [1.54, 1.807) is 11.3 Å². The van der Waals surface area contributed by atoms with Gasteiger partial charge in [-0.1, -0.05) is 19.1 Å². The third-order valence-electron chi connectivity index (χ3n) is 2.13. The van der Waals surface area contributed by atoms with Gasteiger partial charge in [0.05, 0.1) is 12.3 Å². The van der Waals surface area contributed by atoms with Crippen LogP contribution in [0.15, 0.2) is 34.5 Å². The number of aliphatic hydroxyl groups excluding tert-OH is 1. The quantitative estimate of drug-likeness (QED) is 0.845. The van der Waals surface area contributed by atoms with E-state index < -0.39 is 0 Å². The summed E-state index contributed by atoms with van der Waals surface area (Å²) in [6.45, 7) is 2.16. The van der Waals surface area contributed by atoms with Crippen LogP contribution in [0.3, 0.4) is 0 Å². The van der Waals surface area contributed by atoms with Gasteiger partial charge in [0.2, 0.25) is 0 Å². The van der Waals surface area contributed by atoms with E-state index in [1.807, 2.05) is 17.1 Å². The van der Waals surface area contributed by atoms with E-state index in [0.29, 0.717) is 0 Å². The second-order valence-corrected chi connectivity index (χ2v) is 5.46. The lowest BCUT2D eigenvalue weighted by molar-refractivity contribution is 0.278. The summed E-state index contributed by atoms with van der Waals surface area (Å²) in [4.78, 5) is 5.62. The first kappa shape index (κ1) is 11.6. The third kappa shape index (κ3) is 2.64. The van der Waals surface area contributed by atoms with Crippen molar-refractivity contribution < 1.29 is 5.11 Å². The molecule has 0 bridgehead atoms. The average molecular weight is 251 g/mol. The zero-order valence-electron chi connectivity index (χ0n) is 9.01.